The number of aliphatic imine (C=N–C) groups is 1. The van der Waals surface area contributed by atoms with Crippen molar-refractivity contribution in [3.05, 3.63) is 65.4 Å². The third kappa shape index (κ3) is 2.29. The molecule has 0 unspecified atom stereocenters. The van der Waals surface area contributed by atoms with E-state index in [1.165, 1.54) is 0 Å². The van der Waals surface area contributed by atoms with E-state index in [9.17, 15) is 9.59 Å². The van der Waals surface area contributed by atoms with Crippen LogP contribution in [0.5, 0.6) is 0 Å². The Kier molecular flexibility index (Phi) is 3.62. The van der Waals surface area contributed by atoms with Gasteiger partial charge in [-0.05, 0) is 12.1 Å². The van der Waals surface area contributed by atoms with Crippen molar-refractivity contribution in [1.82, 2.24) is 15.5 Å². The number of aromatic nitrogens is 2. The number of benzene rings is 2. The molecule has 0 spiro atoms. The fraction of sp³-hybridized carbons (Fsp3) is 0.0526. The van der Waals surface area contributed by atoms with Gasteiger partial charge in [0.1, 0.15) is 5.69 Å². The molecule has 0 radical (unpaired) electrons. The minimum atomic E-state index is -0.513. The van der Waals surface area contributed by atoms with Crippen molar-refractivity contribution in [3.8, 4) is 0 Å². The van der Waals surface area contributed by atoms with E-state index in [1.54, 1.807) is 31.3 Å². The van der Waals surface area contributed by atoms with Crippen LogP contribution >= 0.6 is 0 Å². The molecule has 26 heavy (non-hydrogen) atoms. The number of nitrogens with two attached hydrogens (primary N) is 1. The SMILES string of the molecule is C/N=C(/C1=C(c2n[nH]c3ccccc23)C(=O)NC1=O)c1ccccc1N. The number of nitrogens with zero attached hydrogens (tertiary/aromatic N) is 2. The zero-order chi connectivity index (χ0) is 18.3. The maximum Gasteiger partial charge on any atom is 0.261 e. The molecule has 1 aliphatic rings. The molecule has 2 amide bonds. The molecule has 128 valence electrons. The number of hydrogen-bond acceptors (Lipinski definition) is 5. The second-order valence-corrected chi connectivity index (χ2v) is 5.81. The molecule has 0 aliphatic carbocycles. The van der Waals surface area contributed by atoms with Crippen molar-refractivity contribution in [2.45, 2.75) is 0 Å². The molecule has 7 heteroatoms. The Morgan fingerprint density at radius 2 is 1.77 bits per heavy atom. The van der Waals surface area contributed by atoms with E-state index in [0.29, 0.717) is 22.7 Å². The summed E-state index contributed by atoms with van der Waals surface area (Å²) in [6.07, 6.45) is 0. The number of carbonyl (C=O) groups is 2. The average Bonchev–Trinajstić information content (AvgIpc) is 3.18. The third-order valence-corrected chi connectivity index (χ3v) is 4.31. The quantitative estimate of drug-likeness (QED) is 0.381. The molecule has 4 N–H and O–H groups in total. The number of anilines is 1. The minimum Gasteiger partial charge on any atom is -0.398 e. The van der Waals surface area contributed by atoms with Gasteiger partial charge >= 0.3 is 0 Å². The molecule has 3 aromatic rings. The van der Waals surface area contributed by atoms with Crippen LogP contribution in [0.1, 0.15) is 11.3 Å². The highest BCUT2D eigenvalue weighted by molar-refractivity contribution is 6.48. The van der Waals surface area contributed by atoms with Gasteiger partial charge in [-0.1, -0.05) is 36.4 Å². The highest BCUT2D eigenvalue weighted by Crippen LogP contribution is 2.31. The van der Waals surface area contributed by atoms with Gasteiger partial charge in [-0.3, -0.25) is 25.0 Å². The molecular weight excluding hydrogens is 330 g/mol. The van der Waals surface area contributed by atoms with Gasteiger partial charge in [0.25, 0.3) is 11.8 Å². The van der Waals surface area contributed by atoms with E-state index in [0.717, 1.165) is 10.9 Å². The zero-order valence-electron chi connectivity index (χ0n) is 13.9. The van der Waals surface area contributed by atoms with Crippen LogP contribution in [-0.2, 0) is 9.59 Å². The fourth-order valence-electron chi connectivity index (χ4n) is 3.14. The number of amides is 2. The van der Waals surface area contributed by atoms with Crippen LogP contribution in [0, 0.1) is 0 Å². The highest BCUT2D eigenvalue weighted by Gasteiger charge is 2.36. The fourth-order valence-corrected chi connectivity index (χ4v) is 3.14. The molecule has 4 rings (SSSR count). The number of aromatic amines is 1. The third-order valence-electron chi connectivity index (χ3n) is 4.31. The van der Waals surface area contributed by atoms with Crippen LogP contribution in [0.2, 0.25) is 0 Å². The first-order valence-corrected chi connectivity index (χ1v) is 7.97. The van der Waals surface area contributed by atoms with Crippen LogP contribution in [0.3, 0.4) is 0 Å². The second kappa shape index (κ2) is 5.96. The van der Waals surface area contributed by atoms with Crippen molar-refractivity contribution < 1.29 is 9.59 Å². The van der Waals surface area contributed by atoms with Crippen LogP contribution in [-0.4, -0.2) is 34.8 Å². The monoisotopic (exact) mass is 345 g/mol. The largest absolute Gasteiger partial charge is 0.398 e. The summed E-state index contributed by atoms with van der Waals surface area (Å²) in [6.45, 7) is 0. The summed E-state index contributed by atoms with van der Waals surface area (Å²) in [5, 5.41) is 10.2. The number of nitrogens with one attached hydrogen (secondary N) is 2. The van der Waals surface area contributed by atoms with Crippen molar-refractivity contribution in [3.63, 3.8) is 0 Å². The van der Waals surface area contributed by atoms with E-state index < -0.39 is 11.8 Å². The van der Waals surface area contributed by atoms with Crippen molar-refractivity contribution in [1.29, 1.82) is 0 Å². The molecule has 0 bridgehead atoms. The Morgan fingerprint density at radius 1 is 1.04 bits per heavy atom. The Labute approximate surface area is 148 Å². The van der Waals surface area contributed by atoms with Gasteiger partial charge in [0, 0.05) is 23.7 Å². The Morgan fingerprint density at radius 3 is 2.54 bits per heavy atom. The predicted molar refractivity (Wildman–Crippen MR) is 99.5 cm³/mol. The maximum absolute atomic E-state index is 12.6. The van der Waals surface area contributed by atoms with E-state index in [2.05, 4.69) is 20.5 Å². The summed E-state index contributed by atoms with van der Waals surface area (Å²) in [5.41, 5.74) is 9.02. The highest BCUT2D eigenvalue weighted by atomic mass is 16.2. The van der Waals surface area contributed by atoms with Gasteiger partial charge in [0.15, 0.2) is 0 Å². The zero-order valence-corrected chi connectivity index (χ0v) is 13.9. The van der Waals surface area contributed by atoms with Crippen LogP contribution in [0.25, 0.3) is 16.5 Å². The molecule has 2 heterocycles. The average molecular weight is 345 g/mol. The molecule has 0 fully saturated rings. The lowest BCUT2D eigenvalue weighted by molar-refractivity contribution is -0.123. The van der Waals surface area contributed by atoms with E-state index in [-0.39, 0.29) is 11.1 Å². The standard InChI is InChI=1S/C19H15N5O2/c1-21-16(10-6-2-4-8-12(10)20)14-15(19(26)22-18(14)25)17-11-7-3-5-9-13(11)23-24-17/h2-9H,20H2,1H3,(H,23,24)(H,22,25,26)/b21-16+. The summed E-state index contributed by atoms with van der Waals surface area (Å²) in [5.74, 6) is -1.01. The first-order chi connectivity index (χ1) is 12.6. The van der Waals surface area contributed by atoms with Crippen LogP contribution < -0.4 is 11.1 Å². The molecule has 0 saturated heterocycles. The normalized spacial score (nSPS) is 15.0. The van der Waals surface area contributed by atoms with E-state index in [4.69, 9.17) is 5.73 Å². The van der Waals surface area contributed by atoms with Crippen molar-refractivity contribution >= 4 is 39.7 Å². The number of imide groups is 1. The number of carbonyl (C=O) groups excluding carboxylic acids is 2. The van der Waals surface area contributed by atoms with Crippen LogP contribution in [0.15, 0.2) is 59.1 Å². The lowest BCUT2D eigenvalue weighted by Crippen LogP contribution is -2.25. The summed E-state index contributed by atoms with van der Waals surface area (Å²) in [7, 11) is 1.56. The molecule has 0 saturated carbocycles. The molecule has 1 aliphatic heterocycles. The van der Waals surface area contributed by atoms with Crippen LogP contribution in [0.4, 0.5) is 5.69 Å². The molecule has 1 aromatic heterocycles. The van der Waals surface area contributed by atoms with Gasteiger partial charge in [0.05, 0.1) is 22.4 Å². The predicted octanol–water partition coefficient (Wildman–Crippen LogP) is 1.67. The number of hydrogen-bond donors (Lipinski definition) is 3. The summed E-state index contributed by atoms with van der Waals surface area (Å²) in [4.78, 5) is 29.4. The second-order valence-electron chi connectivity index (χ2n) is 5.81. The Balaban J connectivity index is 2.01. The first kappa shape index (κ1) is 15.8. The van der Waals surface area contributed by atoms with E-state index >= 15 is 0 Å². The number of para-hydroxylation sites is 2. The summed E-state index contributed by atoms with van der Waals surface area (Å²) >= 11 is 0. The molecule has 7 nitrogen and oxygen atoms in total. The van der Waals surface area contributed by atoms with Crippen molar-refractivity contribution in [2.75, 3.05) is 12.8 Å². The van der Waals surface area contributed by atoms with Crippen molar-refractivity contribution in [2.24, 2.45) is 4.99 Å². The minimum absolute atomic E-state index is 0.174. The van der Waals surface area contributed by atoms with Gasteiger partial charge in [-0.2, -0.15) is 5.10 Å². The summed E-state index contributed by atoms with van der Waals surface area (Å²) in [6, 6.07) is 14.5. The molecular formula is C19H15N5O2. The first-order valence-electron chi connectivity index (χ1n) is 7.97. The van der Waals surface area contributed by atoms with Gasteiger partial charge in [0.2, 0.25) is 0 Å². The van der Waals surface area contributed by atoms with Gasteiger partial charge < -0.3 is 5.73 Å². The summed E-state index contributed by atoms with van der Waals surface area (Å²) < 4.78 is 0. The smallest absolute Gasteiger partial charge is 0.261 e. The Bertz CT molecular complexity index is 1120. The molecule has 2 aromatic carbocycles. The Hall–Kier alpha value is -3.74. The lowest BCUT2D eigenvalue weighted by Gasteiger charge is -2.09. The number of fused-ring (bicyclic) bond motifs is 1. The lowest BCUT2D eigenvalue weighted by atomic mass is 9.95. The number of nitrogen functional groups attached to an aromatic ring is 1. The number of rotatable bonds is 3. The van der Waals surface area contributed by atoms with Gasteiger partial charge in [-0.15, -0.1) is 0 Å². The maximum atomic E-state index is 12.6. The van der Waals surface area contributed by atoms with E-state index in [1.807, 2.05) is 24.3 Å². The van der Waals surface area contributed by atoms with Gasteiger partial charge in [-0.25, -0.2) is 0 Å². The number of H-pyrrole nitrogens is 1. The topological polar surface area (TPSA) is 113 Å². The molecule has 0 atom stereocenters.